The van der Waals surface area contributed by atoms with E-state index < -0.39 is 34.5 Å². The minimum Gasteiger partial charge on any atom is -0.366 e. The van der Waals surface area contributed by atoms with Crippen molar-refractivity contribution in [2.24, 2.45) is 11.7 Å². The van der Waals surface area contributed by atoms with Crippen molar-refractivity contribution < 1.29 is 18.4 Å². The van der Waals surface area contributed by atoms with E-state index in [0.29, 0.717) is 43.0 Å². The highest BCUT2D eigenvalue weighted by molar-refractivity contribution is 6.00. The van der Waals surface area contributed by atoms with E-state index in [0.717, 1.165) is 12.1 Å². The number of nitrogens with two attached hydrogens (primary N) is 1. The normalized spacial score (nSPS) is 15.2. The molecule has 4 heterocycles. The zero-order chi connectivity index (χ0) is 31.9. The summed E-state index contributed by atoms with van der Waals surface area (Å²) in [4.78, 5) is 55.5. The summed E-state index contributed by atoms with van der Waals surface area (Å²) >= 11 is 0. The van der Waals surface area contributed by atoms with E-state index >= 15 is 8.78 Å². The van der Waals surface area contributed by atoms with Crippen LogP contribution in [0.3, 0.4) is 0 Å². The summed E-state index contributed by atoms with van der Waals surface area (Å²) in [6, 6.07) is 6.26. The number of rotatable bonds is 7. The van der Waals surface area contributed by atoms with Crippen LogP contribution in [0.25, 0.3) is 28.0 Å². The van der Waals surface area contributed by atoms with Crippen molar-refractivity contribution in [3.05, 3.63) is 88.1 Å². The Morgan fingerprint density at radius 3 is 2.57 bits per heavy atom. The Morgan fingerprint density at radius 1 is 1.16 bits per heavy atom. The predicted octanol–water partition coefficient (Wildman–Crippen LogP) is 3.95. The molecule has 0 saturated carbocycles. The molecule has 1 aromatic carbocycles. The second-order valence-electron chi connectivity index (χ2n) is 11.3. The van der Waals surface area contributed by atoms with Gasteiger partial charge in [-0.15, -0.1) is 0 Å². The Morgan fingerprint density at radius 2 is 1.91 bits per heavy atom. The molecular weight excluding hydrogens is 568 g/mol. The smallest absolute Gasteiger partial charge is 0.355 e. The number of benzene rings is 1. The van der Waals surface area contributed by atoms with Gasteiger partial charge in [0.15, 0.2) is 11.5 Å². The van der Waals surface area contributed by atoms with Crippen LogP contribution >= 0.6 is 0 Å². The molecule has 12 heteroatoms. The van der Waals surface area contributed by atoms with Gasteiger partial charge in [-0.2, -0.15) is 4.98 Å². The van der Waals surface area contributed by atoms with Crippen molar-refractivity contribution in [2.75, 3.05) is 24.5 Å². The average Bonchev–Trinajstić information content (AvgIpc) is 2.97. The van der Waals surface area contributed by atoms with E-state index in [1.807, 2.05) is 32.6 Å². The van der Waals surface area contributed by atoms with Gasteiger partial charge >= 0.3 is 5.69 Å². The van der Waals surface area contributed by atoms with Crippen molar-refractivity contribution in [1.29, 1.82) is 0 Å². The molecule has 1 aliphatic rings. The number of aryl methyl sites for hydroxylation is 1. The van der Waals surface area contributed by atoms with Gasteiger partial charge in [-0.05, 0) is 62.1 Å². The quantitative estimate of drug-likeness (QED) is 0.318. The first-order chi connectivity index (χ1) is 20.9. The standard InChI is InChI=1S/C32H33F2N7O3/c1-6-25(42)39-12-13-40(19(5)16-39)30-21-15-23(34)27(26-20(29(35)43)8-7-9-22(26)33)37-31(21)41(32(44)38-30)28-18(4)10-11-36-24(28)14-17(2)3/h6-11,15,17,19H,1,12-14,16H2,2-5H3,(H2,35,43)/t19-/m0/s1. The molecule has 0 radical (unpaired) electrons. The summed E-state index contributed by atoms with van der Waals surface area (Å²) in [5.41, 5.74) is 5.45. The number of primary amides is 1. The molecule has 1 aliphatic heterocycles. The molecule has 1 fully saturated rings. The second-order valence-corrected chi connectivity index (χ2v) is 11.3. The molecule has 0 aliphatic carbocycles. The molecule has 44 heavy (non-hydrogen) atoms. The molecule has 2 N–H and O–H groups in total. The van der Waals surface area contributed by atoms with Crippen molar-refractivity contribution in [3.63, 3.8) is 0 Å². The number of piperazine rings is 1. The fraction of sp³-hybridized carbons (Fsp3) is 0.312. The van der Waals surface area contributed by atoms with Crippen molar-refractivity contribution in [3.8, 4) is 16.9 Å². The topological polar surface area (TPSA) is 127 Å². The van der Waals surface area contributed by atoms with Crippen LogP contribution in [0.15, 0.2) is 54.0 Å². The number of anilines is 1. The summed E-state index contributed by atoms with van der Waals surface area (Å²) in [7, 11) is 0. The van der Waals surface area contributed by atoms with Crippen LogP contribution in [0.5, 0.6) is 0 Å². The summed E-state index contributed by atoms with van der Waals surface area (Å²) < 4.78 is 32.6. The first kappa shape index (κ1) is 30.5. The van der Waals surface area contributed by atoms with Crippen LogP contribution in [0.4, 0.5) is 14.6 Å². The Balaban J connectivity index is 1.85. The van der Waals surface area contributed by atoms with Gasteiger partial charge in [-0.1, -0.05) is 26.5 Å². The maximum absolute atomic E-state index is 16.1. The van der Waals surface area contributed by atoms with Gasteiger partial charge < -0.3 is 15.5 Å². The van der Waals surface area contributed by atoms with Gasteiger partial charge in [-0.3, -0.25) is 14.6 Å². The third kappa shape index (κ3) is 5.43. The summed E-state index contributed by atoms with van der Waals surface area (Å²) in [6.07, 6.45) is 3.41. The summed E-state index contributed by atoms with van der Waals surface area (Å²) in [5.74, 6) is -2.65. The van der Waals surface area contributed by atoms with Crippen LogP contribution in [0, 0.1) is 24.5 Å². The van der Waals surface area contributed by atoms with Gasteiger partial charge in [0.1, 0.15) is 17.3 Å². The van der Waals surface area contributed by atoms with Crippen LogP contribution in [-0.4, -0.2) is 61.9 Å². The first-order valence-electron chi connectivity index (χ1n) is 14.3. The molecule has 0 bridgehead atoms. The Hall–Kier alpha value is -5.00. The van der Waals surface area contributed by atoms with Crippen LogP contribution in [0.1, 0.15) is 42.4 Å². The lowest BCUT2D eigenvalue weighted by atomic mass is 10.0. The maximum atomic E-state index is 16.1. The maximum Gasteiger partial charge on any atom is 0.355 e. The third-order valence-corrected chi connectivity index (χ3v) is 7.73. The predicted molar refractivity (Wildman–Crippen MR) is 164 cm³/mol. The number of pyridine rings is 2. The van der Waals surface area contributed by atoms with Crippen molar-refractivity contribution >= 4 is 28.7 Å². The zero-order valence-electron chi connectivity index (χ0n) is 25.0. The van der Waals surface area contributed by atoms with Crippen molar-refractivity contribution in [1.82, 2.24) is 24.4 Å². The van der Waals surface area contributed by atoms with E-state index in [4.69, 9.17) is 5.73 Å². The largest absolute Gasteiger partial charge is 0.366 e. The van der Waals surface area contributed by atoms with E-state index in [1.54, 1.807) is 17.2 Å². The minimum atomic E-state index is -0.961. The number of fused-ring (bicyclic) bond motifs is 1. The minimum absolute atomic E-state index is 0.00739. The number of nitrogens with zero attached hydrogens (tertiary/aromatic N) is 6. The molecular formula is C32H33F2N7O3. The number of carbonyl (C=O) groups excluding carboxylic acids is 2. The van der Waals surface area contributed by atoms with Gasteiger partial charge in [-0.25, -0.2) is 23.1 Å². The van der Waals surface area contributed by atoms with E-state index in [2.05, 4.69) is 21.5 Å². The lowest BCUT2D eigenvalue weighted by Gasteiger charge is -2.40. The fourth-order valence-electron chi connectivity index (χ4n) is 5.72. The second kappa shape index (κ2) is 11.9. The number of halogens is 2. The first-order valence-corrected chi connectivity index (χ1v) is 14.3. The number of aromatic nitrogens is 4. The summed E-state index contributed by atoms with van der Waals surface area (Å²) in [6.45, 7) is 12.2. The monoisotopic (exact) mass is 601 g/mol. The van der Waals surface area contributed by atoms with E-state index in [1.165, 1.54) is 22.8 Å². The molecule has 3 aromatic heterocycles. The summed E-state index contributed by atoms with van der Waals surface area (Å²) in [5, 5.41) is 0.192. The van der Waals surface area contributed by atoms with Crippen LogP contribution in [0.2, 0.25) is 0 Å². The van der Waals surface area contributed by atoms with Gasteiger partial charge in [0.05, 0.1) is 27.9 Å². The van der Waals surface area contributed by atoms with Crippen LogP contribution in [-0.2, 0) is 11.2 Å². The number of hydrogen-bond acceptors (Lipinski definition) is 7. The molecule has 10 nitrogen and oxygen atoms in total. The van der Waals surface area contributed by atoms with E-state index in [9.17, 15) is 14.4 Å². The van der Waals surface area contributed by atoms with Crippen LogP contribution < -0.4 is 16.3 Å². The molecule has 5 rings (SSSR count). The lowest BCUT2D eigenvalue weighted by molar-refractivity contribution is -0.126. The number of hydrogen-bond donors (Lipinski definition) is 1. The Kier molecular flexibility index (Phi) is 8.27. The average molecular weight is 602 g/mol. The number of amides is 2. The highest BCUT2D eigenvalue weighted by Gasteiger charge is 2.31. The molecule has 228 valence electrons. The Bertz CT molecular complexity index is 1870. The fourth-order valence-corrected chi connectivity index (χ4v) is 5.72. The van der Waals surface area contributed by atoms with Gasteiger partial charge in [0.2, 0.25) is 11.8 Å². The van der Waals surface area contributed by atoms with Gasteiger partial charge in [0.25, 0.3) is 0 Å². The molecule has 2 amide bonds. The van der Waals surface area contributed by atoms with Gasteiger partial charge in [0, 0.05) is 31.9 Å². The van der Waals surface area contributed by atoms with E-state index in [-0.39, 0.29) is 40.3 Å². The molecule has 4 aromatic rings. The zero-order valence-corrected chi connectivity index (χ0v) is 25.0. The molecule has 1 atom stereocenters. The molecule has 0 unspecified atom stereocenters. The molecule has 1 saturated heterocycles. The van der Waals surface area contributed by atoms with Crippen molar-refractivity contribution in [2.45, 2.75) is 40.2 Å². The highest BCUT2D eigenvalue weighted by atomic mass is 19.1. The Labute approximate surface area is 252 Å². The lowest BCUT2D eigenvalue weighted by Crippen LogP contribution is -2.54. The SMILES string of the molecule is C=CC(=O)N1CCN(c2nc(=O)n(-c3c(C)ccnc3CC(C)C)c3nc(-c4c(F)cccc4C(N)=O)c(F)cc23)[C@@H](C)C1. The number of carbonyl (C=O) groups is 2. The highest BCUT2D eigenvalue weighted by Crippen LogP contribution is 2.34. The third-order valence-electron chi connectivity index (χ3n) is 7.73. The molecule has 0 spiro atoms.